The number of nitro groups is 1. The number of sulfonamides is 1. The smallest absolute Gasteiger partial charge is 0.293 e. The zero-order valence-electron chi connectivity index (χ0n) is 18.6. The van der Waals surface area contributed by atoms with Gasteiger partial charge in [0, 0.05) is 45.3 Å². The lowest BCUT2D eigenvalue weighted by Gasteiger charge is -2.35. The first kappa shape index (κ1) is 24.1. The van der Waals surface area contributed by atoms with Crippen molar-refractivity contribution in [2.75, 3.05) is 58.3 Å². The number of benzene rings is 2. The predicted octanol–water partition coefficient (Wildman–Crippen LogP) is 2.15. The molecule has 1 aliphatic heterocycles. The van der Waals surface area contributed by atoms with Gasteiger partial charge in [-0.3, -0.25) is 15.0 Å². The van der Waals surface area contributed by atoms with Gasteiger partial charge in [0.05, 0.1) is 9.82 Å². The minimum atomic E-state index is -3.80. The number of hydrogen-bond acceptors (Lipinski definition) is 7. The second-order valence-corrected chi connectivity index (χ2v) is 9.98. The van der Waals surface area contributed by atoms with Crippen LogP contribution in [0.3, 0.4) is 0 Å². The third-order valence-electron chi connectivity index (χ3n) is 5.49. The quantitative estimate of drug-likeness (QED) is 0.329. The molecule has 174 valence electrons. The Bertz CT molecular complexity index is 1010. The van der Waals surface area contributed by atoms with E-state index < -0.39 is 14.9 Å². The molecule has 0 unspecified atom stereocenters. The standard InChI is InChI=1S/C22H31N5O4S/c1-24(2)12-6-11-23-32(30,31)20-9-10-21(22(17-20)27(28)29)26-15-13-25(14-16-26)18-19-7-4-3-5-8-19/h3-5,7-10,17,23H,6,11-16,18H2,1-2H3. The highest BCUT2D eigenvalue weighted by Crippen LogP contribution is 2.31. The molecular formula is C22H31N5O4S. The number of piperazine rings is 1. The van der Waals surface area contributed by atoms with Crippen LogP contribution in [0.25, 0.3) is 0 Å². The Morgan fingerprint density at radius 1 is 1.06 bits per heavy atom. The van der Waals surface area contributed by atoms with Crippen LogP contribution < -0.4 is 9.62 Å². The van der Waals surface area contributed by atoms with Crippen LogP contribution >= 0.6 is 0 Å². The Balaban J connectivity index is 1.67. The molecule has 1 heterocycles. The molecule has 0 radical (unpaired) electrons. The molecule has 3 rings (SSSR count). The molecule has 1 N–H and O–H groups in total. The fourth-order valence-electron chi connectivity index (χ4n) is 3.76. The lowest BCUT2D eigenvalue weighted by Crippen LogP contribution is -2.46. The van der Waals surface area contributed by atoms with Crippen LogP contribution in [0.2, 0.25) is 0 Å². The second kappa shape index (κ2) is 10.9. The first-order chi connectivity index (χ1) is 15.3. The van der Waals surface area contributed by atoms with Crippen molar-refractivity contribution in [3.8, 4) is 0 Å². The van der Waals surface area contributed by atoms with Gasteiger partial charge in [0.25, 0.3) is 5.69 Å². The van der Waals surface area contributed by atoms with Gasteiger partial charge in [0.1, 0.15) is 5.69 Å². The van der Waals surface area contributed by atoms with E-state index in [-0.39, 0.29) is 17.1 Å². The molecule has 2 aromatic carbocycles. The molecule has 1 saturated heterocycles. The van der Waals surface area contributed by atoms with Crippen molar-refractivity contribution < 1.29 is 13.3 Å². The van der Waals surface area contributed by atoms with Crippen molar-refractivity contribution in [3.05, 3.63) is 64.2 Å². The number of rotatable bonds is 10. The number of anilines is 1. The van der Waals surface area contributed by atoms with Gasteiger partial charge in [0.2, 0.25) is 10.0 Å². The molecule has 0 spiro atoms. The first-order valence-electron chi connectivity index (χ1n) is 10.7. The highest BCUT2D eigenvalue weighted by Gasteiger charge is 2.26. The highest BCUT2D eigenvalue weighted by atomic mass is 32.2. The van der Waals surface area contributed by atoms with Crippen LogP contribution in [0.4, 0.5) is 11.4 Å². The van der Waals surface area contributed by atoms with Crippen LogP contribution in [0.5, 0.6) is 0 Å². The molecule has 0 atom stereocenters. The van der Waals surface area contributed by atoms with Crippen LogP contribution in [0.15, 0.2) is 53.4 Å². The number of nitrogens with zero attached hydrogens (tertiary/aromatic N) is 4. The van der Waals surface area contributed by atoms with Crippen LogP contribution in [-0.4, -0.2) is 76.5 Å². The summed E-state index contributed by atoms with van der Waals surface area (Å²) in [4.78, 5) is 17.4. The molecule has 1 fully saturated rings. The maximum atomic E-state index is 12.6. The fraction of sp³-hybridized carbons (Fsp3) is 0.455. The van der Waals surface area contributed by atoms with Crippen molar-refractivity contribution in [2.24, 2.45) is 0 Å². The van der Waals surface area contributed by atoms with Crippen molar-refractivity contribution in [2.45, 2.75) is 17.9 Å². The summed E-state index contributed by atoms with van der Waals surface area (Å²) >= 11 is 0. The average Bonchev–Trinajstić information content (AvgIpc) is 2.77. The molecule has 32 heavy (non-hydrogen) atoms. The van der Waals surface area contributed by atoms with E-state index in [2.05, 4.69) is 21.8 Å². The van der Waals surface area contributed by atoms with Crippen molar-refractivity contribution in [1.29, 1.82) is 0 Å². The largest absolute Gasteiger partial charge is 0.363 e. The molecule has 0 aromatic heterocycles. The van der Waals surface area contributed by atoms with Gasteiger partial charge in [-0.1, -0.05) is 30.3 Å². The lowest BCUT2D eigenvalue weighted by molar-refractivity contribution is -0.384. The molecule has 1 aliphatic rings. The minimum Gasteiger partial charge on any atom is -0.363 e. The Morgan fingerprint density at radius 2 is 1.75 bits per heavy atom. The van der Waals surface area contributed by atoms with Crippen LogP contribution in [0, 0.1) is 10.1 Å². The average molecular weight is 462 g/mol. The van der Waals surface area contributed by atoms with E-state index in [0.29, 0.717) is 25.2 Å². The van der Waals surface area contributed by atoms with Crippen molar-refractivity contribution in [3.63, 3.8) is 0 Å². The predicted molar refractivity (Wildman–Crippen MR) is 125 cm³/mol. The maximum Gasteiger partial charge on any atom is 0.293 e. The summed E-state index contributed by atoms with van der Waals surface area (Å²) in [7, 11) is 0.0247. The van der Waals surface area contributed by atoms with E-state index in [1.807, 2.05) is 42.1 Å². The Hall–Kier alpha value is -2.53. The second-order valence-electron chi connectivity index (χ2n) is 8.21. The van der Waals surface area contributed by atoms with Gasteiger partial charge in [-0.2, -0.15) is 0 Å². The zero-order valence-corrected chi connectivity index (χ0v) is 19.4. The number of hydrogen-bond donors (Lipinski definition) is 1. The minimum absolute atomic E-state index is 0.0829. The third kappa shape index (κ3) is 6.49. The molecule has 0 aliphatic carbocycles. The lowest BCUT2D eigenvalue weighted by atomic mass is 10.2. The number of nitrogens with one attached hydrogen (secondary N) is 1. The highest BCUT2D eigenvalue weighted by molar-refractivity contribution is 7.89. The Labute approximate surface area is 189 Å². The third-order valence-corrected chi connectivity index (χ3v) is 6.95. The zero-order chi connectivity index (χ0) is 23.1. The molecule has 2 aromatic rings. The van der Waals surface area contributed by atoms with E-state index in [1.165, 1.54) is 17.7 Å². The first-order valence-corrected chi connectivity index (χ1v) is 12.2. The SMILES string of the molecule is CN(C)CCCNS(=O)(=O)c1ccc(N2CCN(Cc3ccccc3)CC2)c([N+](=O)[O-])c1. The normalized spacial score (nSPS) is 15.3. The van der Waals surface area contributed by atoms with Crippen molar-refractivity contribution in [1.82, 2.24) is 14.5 Å². The fourth-order valence-corrected chi connectivity index (χ4v) is 4.85. The topological polar surface area (TPSA) is 99.0 Å². The number of nitro benzene ring substituents is 1. The van der Waals surface area contributed by atoms with Gasteiger partial charge >= 0.3 is 0 Å². The summed E-state index contributed by atoms with van der Waals surface area (Å²) in [6, 6.07) is 14.4. The summed E-state index contributed by atoms with van der Waals surface area (Å²) < 4.78 is 27.7. The van der Waals surface area contributed by atoms with Gasteiger partial charge < -0.3 is 9.80 Å². The molecule has 0 saturated carbocycles. The van der Waals surface area contributed by atoms with E-state index in [1.54, 1.807) is 6.07 Å². The summed E-state index contributed by atoms with van der Waals surface area (Å²) in [6.07, 6.45) is 0.652. The summed E-state index contributed by atoms with van der Waals surface area (Å²) in [5.41, 5.74) is 1.51. The molecular weight excluding hydrogens is 430 g/mol. The summed E-state index contributed by atoms with van der Waals surface area (Å²) in [6.45, 7) is 4.70. The van der Waals surface area contributed by atoms with Crippen LogP contribution in [-0.2, 0) is 16.6 Å². The Morgan fingerprint density at radius 3 is 2.38 bits per heavy atom. The van der Waals surface area contributed by atoms with E-state index >= 15 is 0 Å². The Kier molecular flexibility index (Phi) is 8.19. The van der Waals surface area contributed by atoms with Crippen molar-refractivity contribution >= 4 is 21.4 Å². The molecule has 0 bridgehead atoms. The van der Waals surface area contributed by atoms with E-state index in [4.69, 9.17) is 0 Å². The van der Waals surface area contributed by atoms with Gasteiger partial charge in [-0.15, -0.1) is 0 Å². The van der Waals surface area contributed by atoms with E-state index in [9.17, 15) is 18.5 Å². The monoisotopic (exact) mass is 461 g/mol. The summed E-state index contributed by atoms with van der Waals surface area (Å²) in [5, 5.41) is 11.7. The van der Waals surface area contributed by atoms with E-state index in [0.717, 1.165) is 26.2 Å². The summed E-state index contributed by atoms with van der Waals surface area (Å²) in [5.74, 6) is 0. The van der Waals surface area contributed by atoms with Gasteiger partial charge in [-0.25, -0.2) is 13.1 Å². The molecule has 9 nitrogen and oxygen atoms in total. The van der Waals surface area contributed by atoms with Gasteiger partial charge in [-0.05, 0) is 44.8 Å². The van der Waals surface area contributed by atoms with Crippen LogP contribution in [0.1, 0.15) is 12.0 Å². The van der Waals surface area contributed by atoms with Gasteiger partial charge in [0.15, 0.2) is 0 Å². The maximum absolute atomic E-state index is 12.6. The molecule has 0 amide bonds. The molecule has 10 heteroatoms.